The minimum Gasteiger partial charge on any atom is -0.0871 e. The van der Waals surface area contributed by atoms with Gasteiger partial charge in [0.1, 0.15) is 0 Å². The van der Waals surface area contributed by atoms with Crippen molar-refractivity contribution in [3.8, 4) is 0 Å². The van der Waals surface area contributed by atoms with E-state index in [0.717, 1.165) is 0 Å². The zero-order chi connectivity index (χ0) is 7.24. The zero-order valence-electron chi connectivity index (χ0n) is 6.72. The second-order valence-corrected chi connectivity index (χ2v) is 4.05. The molecule has 0 saturated carbocycles. The number of fused-ring (bicyclic) bond motifs is 1. The minimum atomic E-state index is 0.451. The molecule has 2 aliphatic rings. The average molecular weight is 134 g/mol. The van der Waals surface area contributed by atoms with Gasteiger partial charge in [0.2, 0.25) is 0 Å². The van der Waals surface area contributed by atoms with Crippen LogP contribution < -0.4 is 0 Å². The summed E-state index contributed by atoms with van der Waals surface area (Å²) in [7, 11) is 0. The van der Waals surface area contributed by atoms with Crippen LogP contribution in [0.25, 0.3) is 0 Å². The fourth-order valence-corrected chi connectivity index (χ4v) is 2.11. The van der Waals surface area contributed by atoms with Crippen molar-refractivity contribution in [2.75, 3.05) is 0 Å². The van der Waals surface area contributed by atoms with Gasteiger partial charge < -0.3 is 0 Å². The van der Waals surface area contributed by atoms with Crippen molar-refractivity contribution in [2.24, 2.45) is 10.8 Å². The van der Waals surface area contributed by atoms with Gasteiger partial charge in [0, 0.05) is 0 Å². The van der Waals surface area contributed by atoms with Crippen LogP contribution >= 0.6 is 0 Å². The number of allylic oxidation sites excluding steroid dienone is 4. The Balaban J connectivity index is 2.43. The number of rotatable bonds is 0. The lowest BCUT2D eigenvalue weighted by atomic mass is 9.70. The van der Waals surface area contributed by atoms with Gasteiger partial charge in [0.25, 0.3) is 0 Å². The van der Waals surface area contributed by atoms with E-state index in [1.165, 1.54) is 12.8 Å². The maximum atomic E-state index is 2.38. The molecule has 2 rings (SSSR count). The molecule has 0 radical (unpaired) electrons. The average Bonchev–Trinajstić information content (AvgIpc) is 2.20. The Hall–Kier alpha value is -0.520. The smallest absolute Gasteiger partial charge is 0.00209 e. The summed E-state index contributed by atoms with van der Waals surface area (Å²) in [4.78, 5) is 0. The first-order chi connectivity index (χ1) is 4.66. The maximum Gasteiger partial charge on any atom is -0.00209 e. The van der Waals surface area contributed by atoms with Crippen molar-refractivity contribution in [2.45, 2.75) is 26.7 Å². The van der Waals surface area contributed by atoms with E-state index in [-0.39, 0.29) is 0 Å². The standard InChI is InChI=1S/C10H14/c1-9-5-3-7-10(9,2)8-4-6-9/h3-5,8H,6-7H2,1-2H3/t9-,10+/m0/s1. The Bertz CT molecular complexity index is 188. The van der Waals surface area contributed by atoms with E-state index in [1.54, 1.807) is 0 Å². The topological polar surface area (TPSA) is 0 Å². The van der Waals surface area contributed by atoms with Crippen molar-refractivity contribution in [3.05, 3.63) is 24.3 Å². The summed E-state index contributed by atoms with van der Waals surface area (Å²) in [5.74, 6) is 0. The summed E-state index contributed by atoms with van der Waals surface area (Å²) in [6, 6.07) is 0. The predicted molar refractivity (Wildman–Crippen MR) is 43.7 cm³/mol. The van der Waals surface area contributed by atoms with Crippen LogP contribution in [-0.4, -0.2) is 0 Å². The SMILES string of the molecule is C[C@@]12C=CC[C@]1(C)C=CC2. The van der Waals surface area contributed by atoms with E-state index in [9.17, 15) is 0 Å². The van der Waals surface area contributed by atoms with Crippen molar-refractivity contribution >= 4 is 0 Å². The molecule has 0 amide bonds. The largest absolute Gasteiger partial charge is 0.0871 e. The Morgan fingerprint density at radius 1 is 0.900 bits per heavy atom. The van der Waals surface area contributed by atoms with Gasteiger partial charge >= 0.3 is 0 Å². The van der Waals surface area contributed by atoms with E-state index >= 15 is 0 Å². The fourth-order valence-electron chi connectivity index (χ4n) is 2.11. The number of hydrogen-bond donors (Lipinski definition) is 0. The summed E-state index contributed by atoms with van der Waals surface area (Å²) in [5, 5.41) is 0. The molecule has 0 aliphatic heterocycles. The Morgan fingerprint density at radius 2 is 1.30 bits per heavy atom. The summed E-state index contributed by atoms with van der Waals surface area (Å²) in [5.41, 5.74) is 0.903. The monoisotopic (exact) mass is 134 g/mol. The third kappa shape index (κ3) is 0.524. The van der Waals surface area contributed by atoms with Gasteiger partial charge in [-0.15, -0.1) is 0 Å². The molecule has 0 nitrogen and oxygen atoms in total. The summed E-state index contributed by atoms with van der Waals surface area (Å²) < 4.78 is 0. The van der Waals surface area contributed by atoms with Crippen LogP contribution in [0.4, 0.5) is 0 Å². The molecule has 0 aromatic carbocycles. The summed E-state index contributed by atoms with van der Waals surface area (Å²) in [6.45, 7) is 4.72. The molecule has 0 unspecified atom stereocenters. The molecule has 2 aliphatic carbocycles. The lowest BCUT2D eigenvalue weighted by molar-refractivity contribution is 0.231. The lowest BCUT2D eigenvalue weighted by Gasteiger charge is -2.33. The van der Waals surface area contributed by atoms with Gasteiger partial charge in [-0.1, -0.05) is 38.2 Å². The molecule has 54 valence electrons. The Labute approximate surface area is 62.6 Å². The molecule has 0 heterocycles. The van der Waals surface area contributed by atoms with Gasteiger partial charge in [-0.2, -0.15) is 0 Å². The van der Waals surface area contributed by atoms with Crippen LogP contribution in [0.15, 0.2) is 24.3 Å². The third-order valence-corrected chi connectivity index (χ3v) is 3.36. The first-order valence-corrected chi connectivity index (χ1v) is 4.02. The maximum absolute atomic E-state index is 2.38. The summed E-state index contributed by atoms with van der Waals surface area (Å²) in [6.07, 6.45) is 11.9. The quantitative estimate of drug-likeness (QED) is 0.447. The third-order valence-electron chi connectivity index (χ3n) is 3.36. The number of hydrogen-bond acceptors (Lipinski definition) is 0. The van der Waals surface area contributed by atoms with E-state index in [0.29, 0.717) is 10.8 Å². The highest BCUT2D eigenvalue weighted by atomic mass is 14.5. The van der Waals surface area contributed by atoms with Gasteiger partial charge in [-0.25, -0.2) is 0 Å². The highest BCUT2D eigenvalue weighted by Crippen LogP contribution is 2.55. The molecule has 0 saturated heterocycles. The molecule has 0 N–H and O–H groups in total. The minimum absolute atomic E-state index is 0.451. The molecule has 0 aromatic heterocycles. The Morgan fingerprint density at radius 3 is 1.70 bits per heavy atom. The van der Waals surface area contributed by atoms with E-state index in [4.69, 9.17) is 0 Å². The van der Waals surface area contributed by atoms with Crippen molar-refractivity contribution in [3.63, 3.8) is 0 Å². The van der Waals surface area contributed by atoms with Gasteiger partial charge in [-0.3, -0.25) is 0 Å². The highest BCUT2D eigenvalue weighted by molar-refractivity contribution is 5.27. The van der Waals surface area contributed by atoms with Crippen LogP contribution in [0.1, 0.15) is 26.7 Å². The van der Waals surface area contributed by atoms with Crippen LogP contribution in [-0.2, 0) is 0 Å². The molecule has 0 aromatic rings. The molecule has 0 bridgehead atoms. The van der Waals surface area contributed by atoms with Gasteiger partial charge in [-0.05, 0) is 23.7 Å². The van der Waals surface area contributed by atoms with Gasteiger partial charge in [0.05, 0.1) is 0 Å². The lowest BCUT2D eigenvalue weighted by Crippen LogP contribution is -2.26. The van der Waals surface area contributed by atoms with Crippen molar-refractivity contribution < 1.29 is 0 Å². The van der Waals surface area contributed by atoms with Crippen LogP contribution in [0.3, 0.4) is 0 Å². The molecule has 2 atom stereocenters. The van der Waals surface area contributed by atoms with E-state index in [2.05, 4.69) is 38.2 Å². The van der Waals surface area contributed by atoms with Crippen LogP contribution in [0, 0.1) is 10.8 Å². The predicted octanol–water partition coefficient (Wildman–Crippen LogP) is 2.92. The second-order valence-electron chi connectivity index (χ2n) is 4.05. The second kappa shape index (κ2) is 1.55. The highest BCUT2D eigenvalue weighted by Gasteiger charge is 2.45. The molecular weight excluding hydrogens is 120 g/mol. The first kappa shape index (κ1) is 6.21. The van der Waals surface area contributed by atoms with E-state index < -0.39 is 0 Å². The molecule has 0 spiro atoms. The van der Waals surface area contributed by atoms with Gasteiger partial charge in [0.15, 0.2) is 0 Å². The Kier molecular flexibility index (Phi) is 0.964. The van der Waals surface area contributed by atoms with E-state index in [1.807, 2.05) is 0 Å². The van der Waals surface area contributed by atoms with Crippen molar-refractivity contribution in [1.29, 1.82) is 0 Å². The molecular formula is C10H14. The fraction of sp³-hybridized carbons (Fsp3) is 0.600. The molecule has 0 heteroatoms. The van der Waals surface area contributed by atoms with Crippen LogP contribution in [0.2, 0.25) is 0 Å². The van der Waals surface area contributed by atoms with Crippen molar-refractivity contribution in [1.82, 2.24) is 0 Å². The van der Waals surface area contributed by atoms with Crippen LogP contribution in [0.5, 0.6) is 0 Å². The molecule has 10 heavy (non-hydrogen) atoms. The normalized spacial score (nSPS) is 50.2. The zero-order valence-corrected chi connectivity index (χ0v) is 6.72. The molecule has 0 fully saturated rings. The first-order valence-electron chi connectivity index (χ1n) is 4.02. The summed E-state index contributed by atoms with van der Waals surface area (Å²) >= 11 is 0.